The van der Waals surface area contributed by atoms with E-state index in [1.807, 2.05) is 0 Å². The van der Waals surface area contributed by atoms with Crippen molar-refractivity contribution in [2.75, 3.05) is 6.61 Å². The summed E-state index contributed by atoms with van der Waals surface area (Å²) in [7, 11) is 0. The minimum atomic E-state index is -1.28. The molecule has 0 saturated carbocycles. The predicted molar refractivity (Wildman–Crippen MR) is 43.1 cm³/mol. The van der Waals surface area contributed by atoms with Crippen LogP contribution in [0.5, 0.6) is 0 Å². The predicted octanol–water partition coefficient (Wildman–Crippen LogP) is 1.03. The first-order chi connectivity index (χ1) is 5.56. The molecular formula is C9H11FO2. The van der Waals surface area contributed by atoms with Crippen LogP contribution in [0.1, 0.15) is 12.5 Å². The summed E-state index contributed by atoms with van der Waals surface area (Å²) in [5.41, 5.74) is -0.778. The van der Waals surface area contributed by atoms with Crippen LogP contribution in [0, 0.1) is 5.82 Å². The molecule has 12 heavy (non-hydrogen) atoms. The van der Waals surface area contributed by atoms with E-state index >= 15 is 0 Å². The summed E-state index contributed by atoms with van der Waals surface area (Å²) in [6, 6.07) is 5.40. The maximum atomic E-state index is 12.4. The molecule has 0 bridgehead atoms. The van der Waals surface area contributed by atoms with E-state index in [0.29, 0.717) is 5.56 Å². The summed E-state index contributed by atoms with van der Waals surface area (Å²) in [5, 5.41) is 18.3. The second-order valence-corrected chi connectivity index (χ2v) is 2.94. The van der Waals surface area contributed by atoms with Crippen LogP contribution in [0.3, 0.4) is 0 Å². The van der Waals surface area contributed by atoms with E-state index < -0.39 is 5.60 Å². The Labute approximate surface area is 70.3 Å². The molecule has 1 unspecified atom stereocenters. The van der Waals surface area contributed by atoms with Gasteiger partial charge in [-0.05, 0) is 24.6 Å². The molecule has 0 fully saturated rings. The summed E-state index contributed by atoms with van der Waals surface area (Å²) in [6.07, 6.45) is 0. The number of aliphatic hydroxyl groups is 2. The van der Waals surface area contributed by atoms with Crippen LogP contribution in [0.4, 0.5) is 4.39 Å². The zero-order chi connectivity index (χ0) is 9.19. The van der Waals surface area contributed by atoms with E-state index in [1.165, 1.54) is 31.2 Å². The first-order valence-corrected chi connectivity index (χ1v) is 3.65. The maximum absolute atomic E-state index is 12.4. The first-order valence-electron chi connectivity index (χ1n) is 3.65. The Morgan fingerprint density at radius 1 is 1.33 bits per heavy atom. The molecule has 1 atom stereocenters. The van der Waals surface area contributed by atoms with Crippen LogP contribution in [0.15, 0.2) is 24.3 Å². The van der Waals surface area contributed by atoms with Gasteiger partial charge in [-0.1, -0.05) is 12.1 Å². The van der Waals surface area contributed by atoms with Crippen molar-refractivity contribution < 1.29 is 14.6 Å². The van der Waals surface area contributed by atoms with E-state index in [4.69, 9.17) is 5.11 Å². The van der Waals surface area contributed by atoms with Crippen LogP contribution in [0.2, 0.25) is 0 Å². The molecule has 1 aromatic carbocycles. The Bertz CT molecular complexity index is 254. The number of rotatable bonds is 2. The van der Waals surface area contributed by atoms with Gasteiger partial charge in [-0.3, -0.25) is 0 Å². The average Bonchev–Trinajstić information content (AvgIpc) is 2.05. The second kappa shape index (κ2) is 3.21. The molecule has 1 rings (SSSR count). The van der Waals surface area contributed by atoms with E-state index in [9.17, 15) is 9.50 Å². The number of halogens is 1. The van der Waals surface area contributed by atoms with Gasteiger partial charge in [-0.2, -0.15) is 0 Å². The van der Waals surface area contributed by atoms with Crippen molar-refractivity contribution in [3.8, 4) is 0 Å². The molecule has 0 radical (unpaired) electrons. The molecule has 3 heteroatoms. The third kappa shape index (κ3) is 1.81. The smallest absolute Gasteiger partial charge is 0.123 e. The Morgan fingerprint density at radius 2 is 1.83 bits per heavy atom. The Kier molecular flexibility index (Phi) is 2.45. The van der Waals surface area contributed by atoms with Gasteiger partial charge >= 0.3 is 0 Å². The fraction of sp³-hybridized carbons (Fsp3) is 0.333. The lowest BCUT2D eigenvalue weighted by molar-refractivity contribution is -0.00232. The highest BCUT2D eigenvalue weighted by molar-refractivity contribution is 5.22. The van der Waals surface area contributed by atoms with E-state index in [1.54, 1.807) is 0 Å². The SMILES string of the molecule is CC(O)(CO)c1ccc(F)cc1. The molecule has 0 aliphatic carbocycles. The van der Waals surface area contributed by atoms with Gasteiger partial charge in [0.05, 0.1) is 6.61 Å². The third-order valence-electron chi connectivity index (χ3n) is 1.77. The van der Waals surface area contributed by atoms with Gasteiger partial charge < -0.3 is 10.2 Å². The molecule has 0 aliphatic heterocycles. The molecule has 0 spiro atoms. The number of aliphatic hydroxyl groups excluding tert-OH is 1. The van der Waals surface area contributed by atoms with Gasteiger partial charge in [-0.15, -0.1) is 0 Å². The summed E-state index contributed by atoms with van der Waals surface area (Å²) in [4.78, 5) is 0. The molecule has 2 nitrogen and oxygen atoms in total. The molecule has 0 heterocycles. The number of benzene rings is 1. The van der Waals surface area contributed by atoms with Crippen molar-refractivity contribution in [1.29, 1.82) is 0 Å². The summed E-state index contributed by atoms with van der Waals surface area (Å²) >= 11 is 0. The molecule has 0 aliphatic rings. The van der Waals surface area contributed by atoms with Crippen molar-refractivity contribution in [2.45, 2.75) is 12.5 Å². The third-order valence-corrected chi connectivity index (χ3v) is 1.77. The highest BCUT2D eigenvalue weighted by Gasteiger charge is 2.21. The largest absolute Gasteiger partial charge is 0.393 e. The fourth-order valence-corrected chi connectivity index (χ4v) is 0.900. The molecule has 66 valence electrons. The summed E-state index contributed by atoms with van der Waals surface area (Å²) in [6.45, 7) is 1.10. The maximum Gasteiger partial charge on any atom is 0.123 e. The van der Waals surface area contributed by atoms with Gasteiger partial charge in [0.2, 0.25) is 0 Å². The lowest BCUT2D eigenvalue weighted by Crippen LogP contribution is -2.25. The fourth-order valence-electron chi connectivity index (χ4n) is 0.900. The zero-order valence-electron chi connectivity index (χ0n) is 6.79. The number of hydrogen-bond acceptors (Lipinski definition) is 2. The van der Waals surface area contributed by atoms with E-state index in [2.05, 4.69) is 0 Å². The normalized spacial score (nSPS) is 15.7. The molecule has 2 N–H and O–H groups in total. The van der Waals surface area contributed by atoms with Crippen LogP contribution in [-0.2, 0) is 5.60 Å². The van der Waals surface area contributed by atoms with Gasteiger partial charge in [-0.25, -0.2) is 4.39 Å². The zero-order valence-corrected chi connectivity index (χ0v) is 6.79. The van der Waals surface area contributed by atoms with Crippen LogP contribution in [-0.4, -0.2) is 16.8 Å². The lowest BCUT2D eigenvalue weighted by Gasteiger charge is -2.20. The van der Waals surface area contributed by atoms with Crippen molar-refractivity contribution >= 4 is 0 Å². The van der Waals surface area contributed by atoms with Gasteiger partial charge in [0.1, 0.15) is 11.4 Å². The van der Waals surface area contributed by atoms with Crippen LogP contribution in [0.25, 0.3) is 0 Å². The molecular weight excluding hydrogens is 159 g/mol. The first kappa shape index (κ1) is 9.16. The second-order valence-electron chi connectivity index (χ2n) is 2.94. The van der Waals surface area contributed by atoms with Gasteiger partial charge in [0.15, 0.2) is 0 Å². The summed E-state index contributed by atoms with van der Waals surface area (Å²) in [5.74, 6) is -0.354. The van der Waals surface area contributed by atoms with Crippen LogP contribution >= 0.6 is 0 Å². The lowest BCUT2D eigenvalue weighted by atomic mass is 9.97. The van der Waals surface area contributed by atoms with Crippen molar-refractivity contribution in [3.63, 3.8) is 0 Å². The standard InChI is InChI=1S/C9H11FO2/c1-9(12,6-11)7-2-4-8(10)5-3-7/h2-5,11-12H,6H2,1H3. The Balaban J connectivity index is 2.96. The molecule has 0 amide bonds. The van der Waals surface area contributed by atoms with Crippen molar-refractivity contribution in [1.82, 2.24) is 0 Å². The van der Waals surface area contributed by atoms with E-state index in [-0.39, 0.29) is 12.4 Å². The van der Waals surface area contributed by atoms with Crippen LogP contribution < -0.4 is 0 Å². The quantitative estimate of drug-likeness (QED) is 0.695. The average molecular weight is 170 g/mol. The minimum Gasteiger partial charge on any atom is -0.393 e. The van der Waals surface area contributed by atoms with Gasteiger partial charge in [0, 0.05) is 0 Å². The van der Waals surface area contributed by atoms with Crippen molar-refractivity contribution in [3.05, 3.63) is 35.6 Å². The summed E-state index contributed by atoms with van der Waals surface area (Å²) < 4.78 is 12.4. The topological polar surface area (TPSA) is 40.5 Å². The Hall–Kier alpha value is -0.930. The molecule has 0 saturated heterocycles. The van der Waals surface area contributed by atoms with E-state index in [0.717, 1.165) is 0 Å². The van der Waals surface area contributed by atoms with Crippen molar-refractivity contribution in [2.24, 2.45) is 0 Å². The monoisotopic (exact) mass is 170 g/mol. The minimum absolute atomic E-state index is 0.354. The van der Waals surface area contributed by atoms with Gasteiger partial charge in [0.25, 0.3) is 0 Å². The number of hydrogen-bond donors (Lipinski definition) is 2. The highest BCUT2D eigenvalue weighted by Crippen LogP contribution is 2.19. The molecule has 0 aromatic heterocycles. The Morgan fingerprint density at radius 3 is 2.25 bits per heavy atom. The molecule has 1 aromatic rings. The highest BCUT2D eigenvalue weighted by atomic mass is 19.1.